The van der Waals surface area contributed by atoms with Crippen molar-refractivity contribution in [1.29, 1.82) is 0 Å². The molecule has 104 valence electrons. The van der Waals surface area contributed by atoms with Gasteiger partial charge in [0.1, 0.15) is 0 Å². The Morgan fingerprint density at radius 1 is 1.40 bits per heavy atom. The first-order chi connectivity index (χ1) is 9.54. The fraction of sp³-hybridized carbons (Fsp3) is 0.143. The van der Waals surface area contributed by atoms with Gasteiger partial charge < -0.3 is 11.1 Å². The molecule has 6 heteroatoms. The second kappa shape index (κ2) is 6.76. The van der Waals surface area contributed by atoms with E-state index in [1.807, 2.05) is 25.1 Å². The number of amides is 1. The maximum absolute atomic E-state index is 11.9. The molecule has 2 aromatic rings. The second-order valence-electron chi connectivity index (χ2n) is 4.23. The lowest BCUT2D eigenvalue weighted by molar-refractivity contribution is -0.113. The van der Waals surface area contributed by atoms with Crippen molar-refractivity contribution in [3.8, 4) is 0 Å². The summed E-state index contributed by atoms with van der Waals surface area (Å²) >= 11 is 4.77. The number of carbonyl (C=O) groups is 1. The van der Waals surface area contributed by atoms with Crippen LogP contribution in [0.1, 0.15) is 5.56 Å². The summed E-state index contributed by atoms with van der Waals surface area (Å²) in [5, 5.41) is 3.67. The Morgan fingerprint density at radius 2 is 2.20 bits per heavy atom. The van der Waals surface area contributed by atoms with Crippen LogP contribution in [0.5, 0.6) is 0 Å². The van der Waals surface area contributed by atoms with Gasteiger partial charge in [0.05, 0.1) is 22.7 Å². The van der Waals surface area contributed by atoms with Crippen LogP contribution in [0, 0.1) is 6.92 Å². The summed E-state index contributed by atoms with van der Waals surface area (Å²) in [7, 11) is 0. The number of nitrogens with zero attached hydrogens (tertiary/aromatic N) is 1. The summed E-state index contributed by atoms with van der Waals surface area (Å²) in [6.45, 7) is 1.95. The van der Waals surface area contributed by atoms with E-state index in [4.69, 9.17) is 5.73 Å². The molecule has 1 aromatic carbocycles. The summed E-state index contributed by atoms with van der Waals surface area (Å²) in [5.74, 6) is 0.255. The Balaban J connectivity index is 1.90. The summed E-state index contributed by atoms with van der Waals surface area (Å²) in [4.78, 5) is 16.0. The monoisotopic (exact) mass is 351 g/mol. The molecule has 20 heavy (non-hydrogen) atoms. The summed E-state index contributed by atoms with van der Waals surface area (Å²) in [5.41, 5.74) is 8.01. The smallest absolute Gasteiger partial charge is 0.234 e. The van der Waals surface area contributed by atoms with E-state index in [-0.39, 0.29) is 5.91 Å². The third-order valence-corrected chi connectivity index (χ3v) is 4.01. The van der Waals surface area contributed by atoms with Crippen LogP contribution in [0.2, 0.25) is 0 Å². The number of carbonyl (C=O) groups excluding carboxylic acids is 1. The molecule has 1 aromatic heterocycles. The van der Waals surface area contributed by atoms with Gasteiger partial charge in [-0.25, -0.2) is 4.98 Å². The molecule has 0 spiro atoms. The molecule has 0 saturated heterocycles. The number of hydrogen-bond acceptors (Lipinski definition) is 4. The highest BCUT2D eigenvalue weighted by atomic mass is 79.9. The Morgan fingerprint density at radius 3 is 2.85 bits per heavy atom. The number of aromatic nitrogens is 1. The molecule has 0 aliphatic rings. The largest absolute Gasteiger partial charge is 0.397 e. The zero-order valence-corrected chi connectivity index (χ0v) is 13.3. The number of benzene rings is 1. The highest BCUT2D eigenvalue weighted by molar-refractivity contribution is 9.10. The van der Waals surface area contributed by atoms with Gasteiger partial charge in [0.25, 0.3) is 0 Å². The number of pyridine rings is 1. The first-order valence-corrected chi connectivity index (χ1v) is 7.73. The minimum absolute atomic E-state index is 0.0564. The number of nitrogens with one attached hydrogen (secondary N) is 1. The number of halogens is 1. The minimum atomic E-state index is -0.0564. The number of nitrogen functional groups attached to an aromatic ring is 1. The molecule has 1 heterocycles. The molecule has 3 N–H and O–H groups in total. The normalized spacial score (nSPS) is 10.3. The van der Waals surface area contributed by atoms with Crippen molar-refractivity contribution in [3.05, 3.63) is 46.6 Å². The fourth-order valence-corrected chi connectivity index (χ4v) is 2.69. The van der Waals surface area contributed by atoms with Crippen LogP contribution < -0.4 is 11.1 Å². The van der Waals surface area contributed by atoms with Crippen LogP contribution in [0.25, 0.3) is 0 Å². The maximum Gasteiger partial charge on any atom is 0.234 e. The van der Waals surface area contributed by atoms with E-state index in [1.165, 1.54) is 11.8 Å². The van der Waals surface area contributed by atoms with E-state index in [1.54, 1.807) is 18.3 Å². The third kappa shape index (κ3) is 4.25. The molecular formula is C14H14BrN3OS. The maximum atomic E-state index is 11.9. The van der Waals surface area contributed by atoms with Crippen LogP contribution >= 0.6 is 27.7 Å². The van der Waals surface area contributed by atoms with E-state index >= 15 is 0 Å². The third-order valence-electron chi connectivity index (χ3n) is 2.57. The molecular weight excluding hydrogens is 338 g/mol. The van der Waals surface area contributed by atoms with Crippen LogP contribution in [0.15, 0.2) is 46.0 Å². The molecule has 4 nitrogen and oxygen atoms in total. The lowest BCUT2D eigenvalue weighted by atomic mass is 10.2. The molecule has 0 unspecified atom stereocenters. The van der Waals surface area contributed by atoms with Crippen molar-refractivity contribution in [2.24, 2.45) is 0 Å². The number of nitrogens with two attached hydrogens (primary N) is 1. The molecule has 0 aliphatic heterocycles. The first kappa shape index (κ1) is 14.9. The van der Waals surface area contributed by atoms with Gasteiger partial charge in [-0.1, -0.05) is 27.7 Å². The van der Waals surface area contributed by atoms with Gasteiger partial charge in [0, 0.05) is 10.2 Å². The van der Waals surface area contributed by atoms with Gasteiger partial charge in [-0.15, -0.1) is 0 Å². The average molecular weight is 352 g/mol. The minimum Gasteiger partial charge on any atom is -0.397 e. The zero-order valence-electron chi connectivity index (χ0n) is 10.9. The Kier molecular flexibility index (Phi) is 5.03. The van der Waals surface area contributed by atoms with Gasteiger partial charge in [0.2, 0.25) is 5.91 Å². The molecule has 0 radical (unpaired) electrons. The molecule has 1 amide bonds. The number of hydrogen-bond donors (Lipinski definition) is 2. The number of thioether (sulfide) groups is 1. The highest BCUT2D eigenvalue weighted by Crippen LogP contribution is 2.21. The van der Waals surface area contributed by atoms with Crippen molar-refractivity contribution in [1.82, 2.24) is 4.98 Å². The lowest BCUT2D eigenvalue weighted by Gasteiger charge is -2.08. The van der Waals surface area contributed by atoms with E-state index in [0.29, 0.717) is 11.4 Å². The van der Waals surface area contributed by atoms with Crippen molar-refractivity contribution < 1.29 is 4.79 Å². The fourth-order valence-electron chi connectivity index (χ4n) is 1.57. The van der Waals surface area contributed by atoms with Crippen LogP contribution in [0.4, 0.5) is 11.4 Å². The Hall–Kier alpha value is -1.53. The first-order valence-electron chi connectivity index (χ1n) is 5.95. The lowest BCUT2D eigenvalue weighted by Crippen LogP contribution is -2.14. The average Bonchev–Trinajstić information content (AvgIpc) is 2.41. The topological polar surface area (TPSA) is 68.0 Å². The van der Waals surface area contributed by atoms with E-state index in [9.17, 15) is 4.79 Å². The standard InChI is InChI=1S/C14H14BrN3OS/c1-9-6-10(15)2-4-12(9)18-13(19)8-20-14-5-3-11(16)7-17-14/h2-7H,8,16H2,1H3,(H,18,19). The van der Waals surface area contributed by atoms with Crippen LogP contribution in [-0.2, 0) is 4.79 Å². The van der Waals surface area contributed by atoms with Crippen LogP contribution in [0.3, 0.4) is 0 Å². The SMILES string of the molecule is Cc1cc(Br)ccc1NC(=O)CSc1ccc(N)cn1. The molecule has 0 saturated carbocycles. The number of rotatable bonds is 4. The number of aryl methyl sites for hydroxylation is 1. The van der Waals surface area contributed by atoms with Gasteiger partial charge in [-0.05, 0) is 42.8 Å². The predicted octanol–water partition coefficient (Wildman–Crippen LogP) is 3.47. The van der Waals surface area contributed by atoms with Crippen molar-refractivity contribution in [3.63, 3.8) is 0 Å². The van der Waals surface area contributed by atoms with Gasteiger partial charge >= 0.3 is 0 Å². The van der Waals surface area contributed by atoms with E-state index < -0.39 is 0 Å². The zero-order chi connectivity index (χ0) is 14.5. The predicted molar refractivity (Wildman–Crippen MR) is 86.9 cm³/mol. The molecule has 0 aliphatic carbocycles. The Bertz CT molecular complexity index is 616. The summed E-state index contributed by atoms with van der Waals surface area (Å²) in [6.07, 6.45) is 1.58. The quantitative estimate of drug-likeness (QED) is 0.827. The van der Waals surface area contributed by atoms with E-state index in [0.717, 1.165) is 20.7 Å². The van der Waals surface area contributed by atoms with Crippen molar-refractivity contribution >= 4 is 45.0 Å². The van der Waals surface area contributed by atoms with Crippen LogP contribution in [-0.4, -0.2) is 16.6 Å². The van der Waals surface area contributed by atoms with Crippen molar-refractivity contribution in [2.75, 3.05) is 16.8 Å². The summed E-state index contributed by atoms with van der Waals surface area (Å²) < 4.78 is 0.994. The molecule has 0 fully saturated rings. The van der Waals surface area contributed by atoms with Crippen molar-refractivity contribution in [2.45, 2.75) is 11.9 Å². The summed E-state index contributed by atoms with van der Waals surface area (Å²) in [6, 6.07) is 9.31. The molecule has 0 bridgehead atoms. The van der Waals surface area contributed by atoms with Gasteiger partial charge in [0.15, 0.2) is 0 Å². The number of anilines is 2. The second-order valence-corrected chi connectivity index (χ2v) is 6.14. The van der Waals surface area contributed by atoms with Gasteiger partial charge in [-0.2, -0.15) is 0 Å². The highest BCUT2D eigenvalue weighted by Gasteiger charge is 2.06. The van der Waals surface area contributed by atoms with E-state index in [2.05, 4.69) is 26.2 Å². The molecule has 2 rings (SSSR count). The molecule has 0 atom stereocenters. The van der Waals surface area contributed by atoms with Gasteiger partial charge in [-0.3, -0.25) is 4.79 Å². The Labute approximate surface area is 130 Å².